The summed E-state index contributed by atoms with van der Waals surface area (Å²) >= 11 is 0. The highest BCUT2D eigenvalue weighted by molar-refractivity contribution is 8.13. The number of alkyl halides is 2. The molecule has 9 heteroatoms. The predicted octanol–water partition coefficient (Wildman–Crippen LogP) is 1.96. The van der Waals surface area contributed by atoms with Gasteiger partial charge in [0.15, 0.2) is 4.90 Å². The molecule has 0 saturated heterocycles. The number of ether oxygens (including phenoxy) is 2. The molecule has 1 aromatic rings. The van der Waals surface area contributed by atoms with Crippen LogP contribution in [0.4, 0.5) is 8.78 Å². The molecule has 0 fully saturated rings. The largest absolute Gasteiger partial charge is 0.495 e. The van der Waals surface area contributed by atoms with E-state index in [1.807, 2.05) is 0 Å². The van der Waals surface area contributed by atoms with Crippen molar-refractivity contribution in [2.45, 2.75) is 11.3 Å². The summed E-state index contributed by atoms with van der Waals surface area (Å²) < 4.78 is 57.4. The summed E-state index contributed by atoms with van der Waals surface area (Å²) in [7, 11) is 2.86. The van der Waals surface area contributed by atoms with Crippen LogP contribution in [0.3, 0.4) is 0 Å². The molecule has 0 bridgehead atoms. The fourth-order valence-electron chi connectivity index (χ4n) is 1.22. The number of methoxy groups -OCH3 is 2. The van der Waals surface area contributed by atoms with Gasteiger partial charge in [-0.15, -0.1) is 0 Å². The van der Waals surface area contributed by atoms with Crippen LogP contribution in [0.25, 0.3) is 0 Å². The van der Waals surface area contributed by atoms with Gasteiger partial charge in [0.05, 0.1) is 26.0 Å². The number of nitrogens with zero attached hydrogens (tertiary/aromatic N) is 1. The second kappa shape index (κ2) is 5.01. The average Bonchev–Trinajstić information content (AvgIpc) is 2.25. The van der Waals surface area contributed by atoms with Crippen molar-refractivity contribution >= 4 is 19.7 Å². The lowest BCUT2D eigenvalue weighted by Gasteiger charge is -2.13. The van der Waals surface area contributed by atoms with Crippen LogP contribution in [0.1, 0.15) is 12.0 Å². The Morgan fingerprint density at radius 1 is 1.35 bits per heavy atom. The molecule has 1 aromatic heterocycles. The minimum absolute atomic E-state index is 0.375. The highest BCUT2D eigenvalue weighted by atomic mass is 35.7. The molecule has 0 unspecified atom stereocenters. The number of rotatable bonds is 4. The van der Waals surface area contributed by atoms with E-state index in [2.05, 4.69) is 14.5 Å². The third-order valence-electron chi connectivity index (χ3n) is 1.88. The SMILES string of the molecule is COc1cnc(OC)c(S(=O)(=O)Cl)c1C(F)F. The highest BCUT2D eigenvalue weighted by Gasteiger charge is 2.31. The van der Waals surface area contributed by atoms with Crippen LogP contribution < -0.4 is 9.47 Å². The third-order valence-corrected chi connectivity index (χ3v) is 3.22. The maximum absolute atomic E-state index is 12.8. The molecule has 0 radical (unpaired) electrons. The van der Waals surface area contributed by atoms with Gasteiger partial charge in [0.2, 0.25) is 5.88 Å². The quantitative estimate of drug-likeness (QED) is 0.792. The second-order valence-electron chi connectivity index (χ2n) is 2.82. The van der Waals surface area contributed by atoms with Crippen LogP contribution in [0, 0.1) is 0 Å². The molecule has 0 aliphatic heterocycles. The third kappa shape index (κ3) is 2.75. The summed E-state index contributed by atoms with van der Waals surface area (Å²) in [4.78, 5) is 2.65. The van der Waals surface area contributed by atoms with Crippen molar-refractivity contribution in [3.63, 3.8) is 0 Å². The average molecular weight is 288 g/mol. The van der Waals surface area contributed by atoms with Crippen molar-refractivity contribution in [2.24, 2.45) is 0 Å². The summed E-state index contributed by atoms with van der Waals surface area (Å²) in [5, 5.41) is 0. The van der Waals surface area contributed by atoms with Gasteiger partial charge in [0.25, 0.3) is 15.5 Å². The topological polar surface area (TPSA) is 65.5 Å². The Hall–Kier alpha value is -1.15. The van der Waals surface area contributed by atoms with E-state index in [0.29, 0.717) is 0 Å². The zero-order valence-electron chi connectivity index (χ0n) is 8.78. The van der Waals surface area contributed by atoms with E-state index < -0.39 is 31.8 Å². The molecular weight excluding hydrogens is 280 g/mol. The monoisotopic (exact) mass is 287 g/mol. The smallest absolute Gasteiger partial charge is 0.268 e. The molecule has 1 heterocycles. The molecule has 0 amide bonds. The fourth-order valence-corrected chi connectivity index (χ4v) is 2.47. The first-order valence-corrected chi connectivity index (χ1v) is 6.47. The number of hydrogen-bond acceptors (Lipinski definition) is 5. The summed E-state index contributed by atoms with van der Waals surface area (Å²) in [6, 6.07) is 0. The fraction of sp³-hybridized carbons (Fsp3) is 0.375. The first-order valence-electron chi connectivity index (χ1n) is 4.16. The van der Waals surface area contributed by atoms with Gasteiger partial charge in [-0.05, 0) is 0 Å². The Morgan fingerprint density at radius 3 is 2.29 bits per heavy atom. The van der Waals surface area contributed by atoms with E-state index >= 15 is 0 Å². The number of aromatic nitrogens is 1. The molecule has 0 atom stereocenters. The maximum Gasteiger partial charge on any atom is 0.268 e. The van der Waals surface area contributed by atoms with Crippen LogP contribution >= 0.6 is 10.7 Å². The lowest BCUT2D eigenvalue weighted by Crippen LogP contribution is -2.06. The van der Waals surface area contributed by atoms with Crippen molar-refractivity contribution in [3.8, 4) is 11.6 Å². The molecule has 0 aromatic carbocycles. The molecule has 0 spiro atoms. The highest BCUT2D eigenvalue weighted by Crippen LogP contribution is 2.39. The molecule has 17 heavy (non-hydrogen) atoms. The maximum atomic E-state index is 12.8. The molecule has 0 aliphatic carbocycles. The van der Waals surface area contributed by atoms with E-state index in [4.69, 9.17) is 10.7 Å². The molecule has 96 valence electrons. The Kier molecular flexibility index (Phi) is 4.10. The molecule has 5 nitrogen and oxygen atoms in total. The Morgan fingerprint density at radius 2 is 1.94 bits per heavy atom. The van der Waals surface area contributed by atoms with E-state index in [9.17, 15) is 17.2 Å². The molecule has 0 N–H and O–H groups in total. The van der Waals surface area contributed by atoms with Crippen LogP contribution in [0.15, 0.2) is 11.1 Å². The summed E-state index contributed by atoms with van der Waals surface area (Å²) in [6.07, 6.45) is -2.16. The summed E-state index contributed by atoms with van der Waals surface area (Å²) in [5.74, 6) is -0.879. The van der Waals surface area contributed by atoms with Gasteiger partial charge >= 0.3 is 0 Å². The zero-order valence-corrected chi connectivity index (χ0v) is 10.3. The van der Waals surface area contributed by atoms with Crippen molar-refractivity contribution in [1.29, 1.82) is 0 Å². The molecule has 0 aliphatic rings. The Balaban J connectivity index is 3.71. The van der Waals surface area contributed by atoms with Crippen LogP contribution in [0.2, 0.25) is 0 Å². The number of hydrogen-bond donors (Lipinski definition) is 0. The second-order valence-corrected chi connectivity index (χ2v) is 5.32. The first kappa shape index (κ1) is 13.9. The van der Waals surface area contributed by atoms with Crippen molar-refractivity contribution in [3.05, 3.63) is 11.8 Å². The number of pyridine rings is 1. The van der Waals surface area contributed by atoms with Gasteiger partial charge in [-0.2, -0.15) is 0 Å². The number of halogens is 3. The predicted molar refractivity (Wildman–Crippen MR) is 55.3 cm³/mol. The van der Waals surface area contributed by atoms with E-state index in [1.165, 1.54) is 0 Å². The van der Waals surface area contributed by atoms with Crippen LogP contribution in [-0.2, 0) is 9.05 Å². The van der Waals surface area contributed by atoms with Gasteiger partial charge in [-0.25, -0.2) is 22.2 Å². The Labute approximate surface area is 101 Å². The molecular formula is C8H8ClF2NO4S. The van der Waals surface area contributed by atoms with Crippen LogP contribution in [-0.4, -0.2) is 27.6 Å². The Bertz CT molecular complexity index is 521. The van der Waals surface area contributed by atoms with Crippen molar-refractivity contribution < 1.29 is 26.7 Å². The van der Waals surface area contributed by atoms with Crippen molar-refractivity contribution in [2.75, 3.05) is 14.2 Å². The summed E-state index contributed by atoms with van der Waals surface area (Å²) in [5.41, 5.74) is -0.866. The van der Waals surface area contributed by atoms with Crippen molar-refractivity contribution in [1.82, 2.24) is 4.98 Å². The standard InChI is InChI=1S/C8H8ClF2NO4S/c1-15-4-3-12-8(16-2)6(17(9,13)14)5(4)7(10)11/h3,7H,1-2H3. The summed E-state index contributed by atoms with van der Waals surface area (Å²) in [6.45, 7) is 0. The minimum atomic E-state index is -4.43. The lowest BCUT2D eigenvalue weighted by molar-refractivity contribution is 0.142. The van der Waals surface area contributed by atoms with Gasteiger partial charge in [-0.3, -0.25) is 0 Å². The van der Waals surface area contributed by atoms with Crippen LogP contribution in [0.5, 0.6) is 11.6 Å². The first-order chi connectivity index (χ1) is 7.82. The molecule has 0 saturated carbocycles. The van der Waals surface area contributed by atoms with Gasteiger partial charge in [0, 0.05) is 10.7 Å². The van der Waals surface area contributed by atoms with Gasteiger partial charge in [0.1, 0.15) is 5.75 Å². The van der Waals surface area contributed by atoms with E-state index in [-0.39, 0.29) is 5.75 Å². The van der Waals surface area contributed by atoms with E-state index in [0.717, 1.165) is 20.4 Å². The van der Waals surface area contributed by atoms with E-state index in [1.54, 1.807) is 0 Å². The normalized spacial score (nSPS) is 11.6. The minimum Gasteiger partial charge on any atom is -0.495 e. The van der Waals surface area contributed by atoms with Gasteiger partial charge in [-0.1, -0.05) is 0 Å². The van der Waals surface area contributed by atoms with Gasteiger partial charge < -0.3 is 9.47 Å². The lowest BCUT2D eigenvalue weighted by atomic mass is 10.2. The zero-order chi connectivity index (χ0) is 13.2. The molecule has 1 rings (SSSR count).